The summed E-state index contributed by atoms with van der Waals surface area (Å²) in [5.74, 6) is 0.820. The van der Waals surface area contributed by atoms with Gasteiger partial charge in [-0.2, -0.15) is 0 Å². The van der Waals surface area contributed by atoms with Crippen molar-refractivity contribution in [2.24, 2.45) is 0 Å². The molecule has 0 unspecified atom stereocenters. The number of aromatic nitrogens is 1. The lowest BCUT2D eigenvalue weighted by Gasteiger charge is -2.39. The highest BCUT2D eigenvalue weighted by atomic mass is 35.5. The quantitative estimate of drug-likeness (QED) is 0.584. The van der Waals surface area contributed by atoms with E-state index in [1.807, 2.05) is 54.6 Å². The van der Waals surface area contributed by atoms with Gasteiger partial charge < -0.3 is 9.15 Å². The number of rotatable bonds is 5. The van der Waals surface area contributed by atoms with E-state index in [1.54, 1.807) is 6.20 Å². The van der Waals surface area contributed by atoms with E-state index in [9.17, 15) is 4.79 Å². The lowest BCUT2D eigenvalue weighted by atomic mass is 9.64. The Kier molecular flexibility index (Phi) is 4.51. The van der Waals surface area contributed by atoms with Crippen LogP contribution in [0.25, 0.3) is 11.3 Å². The molecular weight excluding hydrogens is 350 g/mol. The van der Waals surface area contributed by atoms with Gasteiger partial charge in [-0.05, 0) is 30.5 Å². The van der Waals surface area contributed by atoms with Crippen LogP contribution in [0.4, 0.5) is 0 Å². The Morgan fingerprint density at radius 2 is 1.85 bits per heavy atom. The van der Waals surface area contributed by atoms with Crippen molar-refractivity contribution in [3.8, 4) is 11.3 Å². The molecule has 0 saturated heterocycles. The summed E-state index contributed by atoms with van der Waals surface area (Å²) in [6.45, 7) is 0.0288. The number of nitrogens with zero attached hydrogens (tertiary/aromatic N) is 1. The van der Waals surface area contributed by atoms with Gasteiger partial charge in [0.1, 0.15) is 0 Å². The first-order valence-corrected chi connectivity index (χ1v) is 8.99. The molecule has 1 aliphatic rings. The minimum atomic E-state index is -0.570. The zero-order valence-electron chi connectivity index (χ0n) is 14.2. The molecule has 0 amide bonds. The number of carbonyl (C=O) groups is 1. The Labute approximate surface area is 156 Å². The highest BCUT2D eigenvalue weighted by Gasteiger charge is 2.47. The molecule has 132 valence electrons. The molecule has 1 aliphatic carbocycles. The van der Waals surface area contributed by atoms with E-state index in [4.69, 9.17) is 20.8 Å². The molecule has 5 heteroatoms. The van der Waals surface area contributed by atoms with E-state index < -0.39 is 5.41 Å². The van der Waals surface area contributed by atoms with Crippen molar-refractivity contribution in [2.45, 2.75) is 31.3 Å². The lowest BCUT2D eigenvalue weighted by Crippen LogP contribution is -2.43. The fraction of sp³-hybridized carbons (Fsp3) is 0.238. The molecule has 0 radical (unpaired) electrons. The Bertz CT molecular complexity index is 899. The van der Waals surface area contributed by atoms with Crippen molar-refractivity contribution >= 4 is 17.6 Å². The minimum absolute atomic E-state index is 0.0288. The van der Waals surface area contributed by atoms with E-state index in [2.05, 4.69) is 4.98 Å². The van der Waals surface area contributed by atoms with Crippen molar-refractivity contribution in [1.82, 2.24) is 4.98 Å². The summed E-state index contributed by atoms with van der Waals surface area (Å²) in [5, 5.41) is 0.657. The monoisotopic (exact) mass is 367 g/mol. The molecule has 0 N–H and O–H groups in total. The second-order valence-electron chi connectivity index (χ2n) is 6.50. The van der Waals surface area contributed by atoms with Crippen molar-refractivity contribution in [1.29, 1.82) is 0 Å². The van der Waals surface area contributed by atoms with Gasteiger partial charge in [-0.15, -0.1) is 0 Å². The third-order valence-corrected chi connectivity index (χ3v) is 5.19. The first-order chi connectivity index (χ1) is 12.7. The number of halogens is 1. The third kappa shape index (κ3) is 3.13. The number of esters is 1. The molecule has 2 aromatic carbocycles. The summed E-state index contributed by atoms with van der Waals surface area (Å²) in [5.41, 5.74) is 1.32. The molecule has 0 atom stereocenters. The summed E-state index contributed by atoms with van der Waals surface area (Å²) in [6, 6.07) is 17.1. The average Bonchev–Trinajstić information content (AvgIpc) is 3.10. The second-order valence-corrected chi connectivity index (χ2v) is 6.94. The predicted molar refractivity (Wildman–Crippen MR) is 98.7 cm³/mol. The average molecular weight is 368 g/mol. The summed E-state index contributed by atoms with van der Waals surface area (Å²) in [7, 11) is 0. The van der Waals surface area contributed by atoms with Gasteiger partial charge >= 0.3 is 5.97 Å². The summed E-state index contributed by atoms with van der Waals surface area (Å²) in [6.07, 6.45) is 4.23. The molecule has 26 heavy (non-hydrogen) atoms. The molecular formula is C21H18ClNO3. The van der Waals surface area contributed by atoms with E-state index in [0.717, 1.165) is 30.4 Å². The van der Waals surface area contributed by atoms with Gasteiger partial charge in [0, 0.05) is 10.6 Å². The van der Waals surface area contributed by atoms with Crippen LogP contribution in [0.2, 0.25) is 5.02 Å². The van der Waals surface area contributed by atoms with Crippen molar-refractivity contribution < 1.29 is 13.9 Å². The third-order valence-electron chi connectivity index (χ3n) is 4.93. The van der Waals surface area contributed by atoms with Gasteiger partial charge in [-0.25, -0.2) is 4.98 Å². The Balaban J connectivity index is 1.45. The number of hydrogen-bond acceptors (Lipinski definition) is 4. The van der Waals surface area contributed by atoms with Crippen LogP contribution in [0.3, 0.4) is 0 Å². The SMILES string of the molecule is O=C(OCc1ncc(-c2ccccc2)o1)C1(c2ccc(Cl)cc2)CCC1. The first kappa shape index (κ1) is 16.9. The zero-order valence-corrected chi connectivity index (χ0v) is 14.9. The number of ether oxygens (including phenoxy) is 1. The van der Waals surface area contributed by atoms with Crippen molar-refractivity contribution in [3.05, 3.63) is 77.3 Å². The lowest BCUT2D eigenvalue weighted by molar-refractivity contribution is -0.156. The van der Waals surface area contributed by atoms with Crippen LogP contribution in [0, 0.1) is 0 Å². The molecule has 0 spiro atoms. The van der Waals surface area contributed by atoms with Gasteiger partial charge in [0.15, 0.2) is 12.4 Å². The van der Waals surface area contributed by atoms with Crippen LogP contribution < -0.4 is 0 Å². The molecule has 1 heterocycles. The van der Waals surface area contributed by atoms with Gasteiger partial charge in [0.25, 0.3) is 0 Å². The maximum absolute atomic E-state index is 12.8. The molecule has 0 aliphatic heterocycles. The van der Waals surface area contributed by atoms with Crippen LogP contribution in [0.15, 0.2) is 65.2 Å². The minimum Gasteiger partial charge on any atom is -0.455 e. The van der Waals surface area contributed by atoms with Crippen LogP contribution >= 0.6 is 11.6 Å². The first-order valence-electron chi connectivity index (χ1n) is 8.61. The smallest absolute Gasteiger partial charge is 0.317 e. The summed E-state index contributed by atoms with van der Waals surface area (Å²) in [4.78, 5) is 17.0. The largest absolute Gasteiger partial charge is 0.455 e. The topological polar surface area (TPSA) is 52.3 Å². The van der Waals surface area contributed by atoms with E-state index in [1.165, 1.54) is 0 Å². The molecule has 0 bridgehead atoms. The van der Waals surface area contributed by atoms with Gasteiger partial charge in [-0.3, -0.25) is 4.79 Å². The number of hydrogen-bond donors (Lipinski definition) is 0. The zero-order chi connectivity index (χ0) is 18.0. The van der Waals surface area contributed by atoms with Crippen molar-refractivity contribution in [3.63, 3.8) is 0 Å². The number of benzene rings is 2. The highest BCUT2D eigenvalue weighted by Crippen LogP contribution is 2.45. The van der Waals surface area contributed by atoms with Crippen LogP contribution in [0.5, 0.6) is 0 Å². The normalized spacial score (nSPS) is 15.3. The van der Waals surface area contributed by atoms with Gasteiger partial charge in [0.05, 0.1) is 11.6 Å². The molecule has 1 fully saturated rings. The predicted octanol–water partition coefficient (Wildman–Crippen LogP) is 5.16. The maximum Gasteiger partial charge on any atom is 0.317 e. The number of carbonyl (C=O) groups excluding carboxylic acids is 1. The van der Waals surface area contributed by atoms with Gasteiger partial charge in [-0.1, -0.05) is 60.5 Å². The highest BCUT2D eigenvalue weighted by molar-refractivity contribution is 6.30. The standard InChI is InChI=1S/C21H18ClNO3/c22-17-9-7-16(8-10-17)21(11-4-12-21)20(24)25-14-19-23-13-18(26-19)15-5-2-1-3-6-15/h1-3,5-10,13H,4,11-12,14H2. The number of oxazole rings is 1. The Morgan fingerprint density at radius 1 is 1.12 bits per heavy atom. The second kappa shape index (κ2) is 6.96. The molecule has 3 aromatic rings. The maximum atomic E-state index is 12.8. The van der Waals surface area contributed by atoms with E-state index >= 15 is 0 Å². The van der Waals surface area contributed by atoms with Gasteiger partial charge in [0.2, 0.25) is 5.89 Å². The van der Waals surface area contributed by atoms with E-state index in [0.29, 0.717) is 16.7 Å². The summed E-state index contributed by atoms with van der Waals surface area (Å²) < 4.78 is 11.2. The Morgan fingerprint density at radius 3 is 2.50 bits per heavy atom. The fourth-order valence-electron chi connectivity index (χ4n) is 3.29. The van der Waals surface area contributed by atoms with Crippen LogP contribution in [-0.4, -0.2) is 11.0 Å². The summed E-state index contributed by atoms with van der Waals surface area (Å²) >= 11 is 5.96. The molecule has 1 aromatic heterocycles. The van der Waals surface area contributed by atoms with Crippen LogP contribution in [-0.2, 0) is 21.6 Å². The Hall–Kier alpha value is -2.59. The molecule has 4 nitrogen and oxygen atoms in total. The van der Waals surface area contributed by atoms with E-state index in [-0.39, 0.29) is 12.6 Å². The molecule has 4 rings (SSSR count). The van der Waals surface area contributed by atoms with Crippen LogP contribution in [0.1, 0.15) is 30.7 Å². The molecule has 1 saturated carbocycles. The van der Waals surface area contributed by atoms with Crippen molar-refractivity contribution in [2.75, 3.05) is 0 Å². The fourth-order valence-corrected chi connectivity index (χ4v) is 3.41.